The normalized spacial score (nSPS) is 15.5. The van der Waals surface area contributed by atoms with E-state index in [-0.39, 0.29) is 16.7 Å². The van der Waals surface area contributed by atoms with E-state index in [1.807, 2.05) is 24.3 Å². The van der Waals surface area contributed by atoms with Crippen molar-refractivity contribution in [2.24, 2.45) is 4.99 Å². The summed E-state index contributed by atoms with van der Waals surface area (Å²) < 4.78 is 12.9. The van der Waals surface area contributed by atoms with Crippen molar-refractivity contribution >= 4 is 29.1 Å². The summed E-state index contributed by atoms with van der Waals surface area (Å²) in [6, 6.07) is 16.7. The standard InChI is InChI=1S/C30H27N3O6S/c1-17-25(28(35)38-5)26(18-9-11-20(12-10-18)30(2,3)4)32-27(34)24(40-29(32)31-17)16-22-13-14-23(39-22)19-7-6-8-21(15-19)33(36)37/h6-16,26H,1-5H3/b24-16+/t26-/m1/s1. The third-order valence-corrected chi connectivity index (χ3v) is 7.74. The van der Waals surface area contributed by atoms with Crippen molar-refractivity contribution in [2.45, 2.75) is 39.2 Å². The summed E-state index contributed by atoms with van der Waals surface area (Å²) in [5.41, 5.74) is 2.80. The number of fused-ring (bicyclic) bond motifs is 1. The van der Waals surface area contributed by atoms with Crippen LogP contribution in [0.2, 0.25) is 0 Å². The number of hydrogen-bond donors (Lipinski definition) is 0. The number of esters is 1. The van der Waals surface area contributed by atoms with Crippen LogP contribution in [0, 0.1) is 10.1 Å². The summed E-state index contributed by atoms with van der Waals surface area (Å²) in [7, 11) is 1.31. The second-order valence-corrected chi connectivity index (χ2v) is 11.5. The number of thiazole rings is 1. The average Bonchev–Trinajstić information content (AvgIpc) is 3.51. The Morgan fingerprint density at radius 3 is 2.52 bits per heavy atom. The molecule has 0 bridgehead atoms. The molecule has 1 aliphatic rings. The van der Waals surface area contributed by atoms with Crippen LogP contribution in [0.1, 0.15) is 50.6 Å². The lowest BCUT2D eigenvalue weighted by Crippen LogP contribution is -2.39. The van der Waals surface area contributed by atoms with Gasteiger partial charge in [-0.1, -0.05) is 68.5 Å². The van der Waals surface area contributed by atoms with Crippen LogP contribution in [0.5, 0.6) is 0 Å². The molecule has 5 rings (SSSR count). The molecule has 0 aliphatic carbocycles. The van der Waals surface area contributed by atoms with Gasteiger partial charge in [-0.3, -0.25) is 19.5 Å². The van der Waals surface area contributed by atoms with Crippen LogP contribution in [-0.4, -0.2) is 22.6 Å². The minimum Gasteiger partial charge on any atom is -0.466 e. The lowest BCUT2D eigenvalue weighted by Gasteiger charge is -2.25. The zero-order valence-electron chi connectivity index (χ0n) is 22.6. The molecular weight excluding hydrogens is 530 g/mol. The zero-order valence-corrected chi connectivity index (χ0v) is 23.4. The number of carbonyl (C=O) groups excluding carboxylic acids is 1. The molecule has 0 saturated heterocycles. The third-order valence-electron chi connectivity index (χ3n) is 6.76. The minimum atomic E-state index is -0.711. The largest absolute Gasteiger partial charge is 0.466 e. The number of benzene rings is 2. The minimum absolute atomic E-state index is 0.0453. The van der Waals surface area contributed by atoms with Gasteiger partial charge in [0.2, 0.25) is 0 Å². The van der Waals surface area contributed by atoms with Crippen LogP contribution >= 0.6 is 11.3 Å². The van der Waals surface area contributed by atoms with Crippen molar-refractivity contribution < 1.29 is 18.9 Å². The number of non-ortho nitro benzene ring substituents is 1. The van der Waals surface area contributed by atoms with E-state index in [4.69, 9.17) is 9.15 Å². The summed E-state index contributed by atoms with van der Waals surface area (Å²) in [5, 5.41) is 11.2. The van der Waals surface area contributed by atoms with Crippen LogP contribution in [0.25, 0.3) is 17.4 Å². The first kappa shape index (κ1) is 27.0. The number of hydrogen-bond acceptors (Lipinski definition) is 8. The fourth-order valence-corrected chi connectivity index (χ4v) is 5.69. The number of methoxy groups -OCH3 is 1. The Bertz CT molecular complexity index is 1850. The molecular formula is C30H27N3O6S. The molecule has 0 saturated carbocycles. The van der Waals surface area contributed by atoms with Gasteiger partial charge in [0, 0.05) is 23.8 Å². The summed E-state index contributed by atoms with van der Waals surface area (Å²) >= 11 is 1.19. The Kier molecular flexibility index (Phi) is 6.89. The topological polar surface area (TPSA) is 117 Å². The van der Waals surface area contributed by atoms with E-state index in [0.717, 1.165) is 11.1 Å². The third kappa shape index (κ3) is 4.93. The highest BCUT2D eigenvalue weighted by Gasteiger charge is 2.33. The van der Waals surface area contributed by atoms with Gasteiger partial charge in [-0.2, -0.15) is 0 Å². The average molecular weight is 558 g/mol. The molecule has 9 nitrogen and oxygen atoms in total. The number of nitro groups is 1. The molecule has 40 heavy (non-hydrogen) atoms. The van der Waals surface area contributed by atoms with E-state index in [9.17, 15) is 19.7 Å². The molecule has 0 fully saturated rings. The highest BCUT2D eigenvalue weighted by Crippen LogP contribution is 2.32. The van der Waals surface area contributed by atoms with Crippen molar-refractivity contribution in [2.75, 3.05) is 7.11 Å². The molecule has 3 heterocycles. The van der Waals surface area contributed by atoms with Gasteiger partial charge in [0.15, 0.2) is 4.80 Å². The van der Waals surface area contributed by atoms with Gasteiger partial charge in [0.25, 0.3) is 11.2 Å². The molecule has 10 heteroatoms. The second-order valence-electron chi connectivity index (χ2n) is 10.5. The van der Waals surface area contributed by atoms with Gasteiger partial charge < -0.3 is 9.15 Å². The summed E-state index contributed by atoms with van der Waals surface area (Å²) in [6.45, 7) is 8.09. The van der Waals surface area contributed by atoms with Crippen molar-refractivity contribution in [1.29, 1.82) is 0 Å². The van der Waals surface area contributed by atoms with Crippen LogP contribution in [0.3, 0.4) is 0 Å². The van der Waals surface area contributed by atoms with Crippen LogP contribution in [-0.2, 0) is 14.9 Å². The molecule has 204 valence electrons. The Morgan fingerprint density at radius 2 is 1.88 bits per heavy atom. The van der Waals surface area contributed by atoms with Crippen molar-refractivity contribution in [3.8, 4) is 11.3 Å². The smallest absolute Gasteiger partial charge is 0.338 e. The number of ether oxygens (including phenoxy) is 1. The maximum absolute atomic E-state index is 13.8. The lowest BCUT2D eigenvalue weighted by atomic mass is 9.85. The molecule has 1 atom stereocenters. The molecule has 0 radical (unpaired) electrons. The number of nitro benzene ring substituents is 1. The Balaban J connectivity index is 1.61. The molecule has 0 unspecified atom stereocenters. The highest BCUT2D eigenvalue weighted by atomic mass is 32.1. The fraction of sp³-hybridized carbons (Fsp3) is 0.233. The first-order valence-corrected chi connectivity index (χ1v) is 13.4. The molecule has 4 aromatic rings. The SMILES string of the molecule is COC(=O)C1=C(C)N=c2s/c(=C/c3ccc(-c4cccc([N+](=O)[O-])c4)o3)c(=O)n2[C@@H]1c1ccc(C(C)(C)C)cc1. The Morgan fingerprint density at radius 1 is 1.15 bits per heavy atom. The van der Waals surface area contributed by atoms with Gasteiger partial charge in [0.1, 0.15) is 11.5 Å². The Hall–Kier alpha value is -4.57. The van der Waals surface area contributed by atoms with Gasteiger partial charge >= 0.3 is 5.97 Å². The van der Waals surface area contributed by atoms with Crippen LogP contribution in [0.4, 0.5) is 5.69 Å². The molecule has 2 aromatic heterocycles. The molecule has 0 spiro atoms. The number of aromatic nitrogens is 1. The highest BCUT2D eigenvalue weighted by molar-refractivity contribution is 7.07. The number of furan rings is 1. The summed E-state index contributed by atoms with van der Waals surface area (Å²) in [6.07, 6.45) is 1.61. The van der Waals surface area contributed by atoms with E-state index in [1.165, 1.54) is 35.1 Å². The number of rotatable bonds is 5. The molecule has 1 aliphatic heterocycles. The lowest BCUT2D eigenvalue weighted by molar-refractivity contribution is -0.384. The zero-order chi connectivity index (χ0) is 28.8. The second kappa shape index (κ2) is 10.2. The summed E-state index contributed by atoms with van der Waals surface area (Å²) in [5.74, 6) is 0.290. The number of allylic oxidation sites excluding steroid dienone is 1. The maximum Gasteiger partial charge on any atom is 0.338 e. The van der Waals surface area contributed by atoms with Gasteiger partial charge in [0.05, 0.1) is 33.9 Å². The van der Waals surface area contributed by atoms with E-state index in [2.05, 4.69) is 25.8 Å². The van der Waals surface area contributed by atoms with E-state index < -0.39 is 16.9 Å². The van der Waals surface area contributed by atoms with E-state index >= 15 is 0 Å². The number of nitrogens with zero attached hydrogens (tertiary/aromatic N) is 3. The monoisotopic (exact) mass is 557 g/mol. The van der Waals surface area contributed by atoms with Crippen molar-refractivity contribution in [3.63, 3.8) is 0 Å². The molecule has 0 amide bonds. The van der Waals surface area contributed by atoms with Crippen molar-refractivity contribution in [1.82, 2.24) is 4.57 Å². The van der Waals surface area contributed by atoms with Crippen molar-refractivity contribution in [3.05, 3.63) is 119 Å². The fourth-order valence-electron chi connectivity index (χ4n) is 4.66. The predicted molar refractivity (Wildman–Crippen MR) is 152 cm³/mol. The first-order valence-electron chi connectivity index (χ1n) is 12.5. The van der Waals surface area contributed by atoms with Crippen LogP contribution in [0.15, 0.2) is 86.1 Å². The molecule has 0 N–H and O–H groups in total. The van der Waals surface area contributed by atoms with Gasteiger partial charge in [-0.05, 0) is 35.6 Å². The molecule has 2 aromatic carbocycles. The van der Waals surface area contributed by atoms with Gasteiger partial charge in [-0.25, -0.2) is 9.79 Å². The van der Waals surface area contributed by atoms with Gasteiger partial charge in [-0.15, -0.1) is 0 Å². The maximum atomic E-state index is 13.8. The van der Waals surface area contributed by atoms with E-state index in [0.29, 0.717) is 37.7 Å². The summed E-state index contributed by atoms with van der Waals surface area (Å²) in [4.78, 5) is 42.4. The predicted octanol–water partition coefficient (Wildman–Crippen LogP) is 4.87. The Labute approximate surface area is 233 Å². The van der Waals surface area contributed by atoms with E-state index in [1.54, 1.807) is 37.3 Å². The quantitative estimate of drug-likeness (QED) is 0.196. The first-order chi connectivity index (χ1) is 19.0. The van der Waals surface area contributed by atoms with Crippen LogP contribution < -0.4 is 14.9 Å². The number of carbonyl (C=O) groups is 1.